The molecule has 108 valence electrons. The summed E-state index contributed by atoms with van der Waals surface area (Å²) in [6.45, 7) is 4.82. The van der Waals surface area contributed by atoms with Crippen molar-refractivity contribution >= 4 is 0 Å². The largest absolute Gasteiger partial charge is 0.493 e. The van der Waals surface area contributed by atoms with Crippen LogP contribution in [-0.2, 0) is 11.6 Å². The van der Waals surface area contributed by atoms with E-state index in [4.69, 9.17) is 0 Å². The minimum Gasteiger partial charge on any atom is -0.493 e. The molecule has 1 aromatic carbocycles. The molecule has 1 aromatic heterocycles. The Kier molecular flexibility index (Phi) is 3.28. The maximum absolute atomic E-state index is 13.1. The van der Waals surface area contributed by atoms with Gasteiger partial charge in [0.25, 0.3) is 0 Å². The Morgan fingerprint density at radius 2 is 1.60 bits per heavy atom. The van der Waals surface area contributed by atoms with Gasteiger partial charge in [-0.2, -0.15) is 18.3 Å². The van der Waals surface area contributed by atoms with E-state index in [0.717, 1.165) is 4.68 Å². The van der Waals surface area contributed by atoms with Gasteiger partial charge in [0.05, 0.1) is 11.3 Å². The number of aromatic nitrogens is 2. The van der Waals surface area contributed by atoms with Crippen LogP contribution >= 0.6 is 0 Å². The number of rotatable bonds is 1. The highest BCUT2D eigenvalue weighted by atomic mass is 19.4. The lowest BCUT2D eigenvalue weighted by Gasteiger charge is -2.19. The standard InChI is InChI=1S/C14H15F3N2O/c1-13(2,3)10-11(14(15,16)17)18-19(12(10)20)9-7-5-4-6-8-9/h4-8,20H,1-3H3. The second-order valence-corrected chi connectivity index (χ2v) is 5.54. The second kappa shape index (κ2) is 4.54. The molecule has 0 aliphatic rings. The van der Waals surface area contributed by atoms with Crippen molar-refractivity contribution in [3.63, 3.8) is 0 Å². The zero-order valence-electron chi connectivity index (χ0n) is 11.4. The van der Waals surface area contributed by atoms with Crippen LogP contribution in [0.4, 0.5) is 13.2 Å². The lowest BCUT2D eigenvalue weighted by molar-refractivity contribution is -0.142. The van der Waals surface area contributed by atoms with Gasteiger partial charge < -0.3 is 5.11 Å². The van der Waals surface area contributed by atoms with Gasteiger partial charge in [-0.15, -0.1) is 0 Å². The van der Waals surface area contributed by atoms with E-state index in [2.05, 4.69) is 5.10 Å². The van der Waals surface area contributed by atoms with E-state index in [9.17, 15) is 18.3 Å². The Morgan fingerprint density at radius 1 is 1.05 bits per heavy atom. The molecule has 0 aliphatic heterocycles. The summed E-state index contributed by atoms with van der Waals surface area (Å²) < 4.78 is 40.2. The highest BCUT2D eigenvalue weighted by Gasteiger charge is 2.43. The molecule has 0 amide bonds. The van der Waals surface area contributed by atoms with Gasteiger partial charge in [0.1, 0.15) is 0 Å². The summed E-state index contributed by atoms with van der Waals surface area (Å²) >= 11 is 0. The molecule has 0 radical (unpaired) electrons. The van der Waals surface area contributed by atoms with Crippen LogP contribution < -0.4 is 0 Å². The summed E-state index contributed by atoms with van der Waals surface area (Å²) in [5, 5.41) is 13.7. The third-order valence-corrected chi connectivity index (χ3v) is 2.88. The predicted octanol–water partition coefficient (Wildman–Crippen LogP) is 3.89. The van der Waals surface area contributed by atoms with Crippen molar-refractivity contribution in [2.45, 2.75) is 32.4 Å². The van der Waals surface area contributed by atoms with E-state index in [1.165, 1.54) is 0 Å². The fourth-order valence-electron chi connectivity index (χ4n) is 2.05. The zero-order valence-corrected chi connectivity index (χ0v) is 11.4. The number of hydrogen-bond acceptors (Lipinski definition) is 2. The number of halogens is 3. The van der Waals surface area contributed by atoms with Crippen LogP contribution in [-0.4, -0.2) is 14.9 Å². The van der Waals surface area contributed by atoms with E-state index in [1.807, 2.05) is 0 Å². The number of para-hydroxylation sites is 1. The van der Waals surface area contributed by atoms with Gasteiger partial charge in [0, 0.05) is 0 Å². The summed E-state index contributed by atoms with van der Waals surface area (Å²) in [7, 11) is 0. The SMILES string of the molecule is CC(C)(C)c1c(C(F)(F)F)nn(-c2ccccc2)c1O. The molecule has 0 aliphatic carbocycles. The van der Waals surface area contributed by atoms with Crippen molar-refractivity contribution in [3.05, 3.63) is 41.6 Å². The smallest absolute Gasteiger partial charge is 0.435 e. The fourth-order valence-corrected chi connectivity index (χ4v) is 2.05. The van der Waals surface area contributed by atoms with E-state index in [-0.39, 0.29) is 5.56 Å². The number of aromatic hydroxyl groups is 1. The van der Waals surface area contributed by atoms with E-state index >= 15 is 0 Å². The van der Waals surface area contributed by atoms with Crippen LogP contribution in [0.1, 0.15) is 32.0 Å². The molecule has 0 fully saturated rings. The quantitative estimate of drug-likeness (QED) is 0.862. The van der Waals surface area contributed by atoms with E-state index in [1.54, 1.807) is 51.1 Å². The van der Waals surface area contributed by atoms with Crippen LogP contribution in [0.5, 0.6) is 5.88 Å². The summed E-state index contributed by atoms with van der Waals surface area (Å²) in [5.41, 5.74) is -1.74. The van der Waals surface area contributed by atoms with Gasteiger partial charge in [0.2, 0.25) is 5.88 Å². The normalized spacial score (nSPS) is 12.7. The number of benzene rings is 1. The third kappa shape index (κ3) is 2.50. The van der Waals surface area contributed by atoms with Crippen LogP contribution in [0.2, 0.25) is 0 Å². The first-order valence-corrected chi connectivity index (χ1v) is 6.07. The average molecular weight is 284 g/mol. The topological polar surface area (TPSA) is 38.0 Å². The molecule has 0 spiro atoms. The number of hydrogen-bond donors (Lipinski definition) is 1. The number of alkyl halides is 3. The first-order chi connectivity index (χ1) is 9.12. The minimum absolute atomic E-state index is 0.200. The van der Waals surface area contributed by atoms with Crippen molar-refractivity contribution in [2.75, 3.05) is 0 Å². The molecule has 1 N–H and O–H groups in total. The maximum atomic E-state index is 13.1. The van der Waals surface area contributed by atoms with E-state index < -0.39 is 23.2 Å². The molecule has 2 aromatic rings. The van der Waals surface area contributed by atoms with Crippen molar-refractivity contribution in [1.82, 2.24) is 9.78 Å². The summed E-state index contributed by atoms with van der Waals surface area (Å²) in [6, 6.07) is 8.24. The molecule has 20 heavy (non-hydrogen) atoms. The van der Waals surface area contributed by atoms with Crippen molar-refractivity contribution < 1.29 is 18.3 Å². The zero-order chi connectivity index (χ0) is 15.1. The highest BCUT2D eigenvalue weighted by Crippen LogP contribution is 2.42. The number of nitrogens with zero attached hydrogens (tertiary/aromatic N) is 2. The van der Waals surface area contributed by atoms with Gasteiger partial charge in [-0.1, -0.05) is 39.0 Å². The van der Waals surface area contributed by atoms with Crippen molar-refractivity contribution in [2.24, 2.45) is 0 Å². The summed E-state index contributed by atoms with van der Waals surface area (Å²) in [4.78, 5) is 0. The van der Waals surface area contributed by atoms with Crippen LogP contribution in [0.3, 0.4) is 0 Å². The molecular formula is C14H15F3N2O. The first kappa shape index (κ1) is 14.4. The molecule has 0 saturated carbocycles. The van der Waals surface area contributed by atoms with Crippen LogP contribution in [0.25, 0.3) is 5.69 Å². The Bertz CT molecular complexity index is 610. The van der Waals surface area contributed by atoms with Crippen molar-refractivity contribution in [1.29, 1.82) is 0 Å². The molecule has 3 nitrogen and oxygen atoms in total. The lowest BCUT2D eigenvalue weighted by Crippen LogP contribution is -2.18. The van der Waals surface area contributed by atoms with Gasteiger partial charge in [-0.3, -0.25) is 0 Å². The van der Waals surface area contributed by atoms with Crippen LogP contribution in [0.15, 0.2) is 30.3 Å². The van der Waals surface area contributed by atoms with Gasteiger partial charge in [0.15, 0.2) is 5.69 Å². The molecule has 6 heteroatoms. The van der Waals surface area contributed by atoms with Gasteiger partial charge in [-0.25, -0.2) is 4.68 Å². The Balaban J connectivity index is 2.72. The predicted molar refractivity (Wildman–Crippen MR) is 68.9 cm³/mol. The van der Waals surface area contributed by atoms with Gasteiger partial charge >= 0.3 is 6.18 Å². The molecule has 2 rings (SSSR count). The minimum atomic E-state index is -4.61. The highest BCUT2D eigenvalue weighted by molar-refractivity contribution is 5.44. The summed E-state index contributed by atoms with van der Waals surface area (Å²) in [5.74, 6) is -0.476. The third-order valence-electron chi connectivity index (χ3n) is 2.88. The Labute approximate surface area is 114 Å². The van der Waals surface area contributed by atoms with Crippen LogP contribution in [0, 0.1) is 0 Å². The molecular weight excluding hydrogens is 269 g/mol. The molecule has 0 bridgehead atoms. The Hall–Kier alpha value is -1.98. The lowest BCUT2D eigenvalue weighted by atomic mass is 9.86. The molecule has 0 atom stereocenters. The monoisotopic (exact) mass is 284 g/mol. The Morgan fingerprint density at radius 3 is 2.00 bits per heavy atom. The summed E-state index contributed by atoms with van der Waals surface area (Å²) in [6.07, 6.45) is -4.61. The van der Waals surface area contributed by atoms with Gasteiger partial charge in [-0.05, 0) is 17.5 Å². The van der Waals surface area contributed by atoms with E-state index in [0.29, 0.717) is 5.69 Å². The second-order valence-electron chi connectivity index (χ2n) is 5.54. The molecule has 1 heterocycles. The fraction of sp³-hybridized carbons (Fsp3) is 0.357. The van der Waals surface area contributed by atoms with Crippen molar-refractivity contribution in [3.8, 4) is 11.6 Å². The first-order valence-electron chi connectivity index (χ1n) is 6.07. The molecule has 0 saturated heterocycles. The molecule has 0 unspecified atom stereocenters. The maximum Gasteiger partial charge on any atom is 0.435 e. The average Bonchev–Trinajstić information content (AvgIpc) is 2.67.